The number of aliphatic carboxylic acids is 2. The van der Waals surface area contributed by atoms with Crippen molar-refractivity contribution in [2.24, 2.45) is 0 Å². The molecular formula is C30H27N7O6. The number of carbonyl (C=O) groups excluding carboxylic acids is 2. The largest absolute Gasteiger partial charge is 0.478 e. The number of carboxylic acids is 2. The Morgan fingerprint density at radius 1 is 1.02 bits per heavy atom. The first-order valence-corrected chi connectivity index (χ1v) is 13.0. The van der Waals surface area contributed by atoms with Gasteiger partial charge in [-0.05, 0) is 50.0 Å². The van der Waals surface area contributed by atoms with Crippen LogP contribution in [0, 0.1) is 11.8 Å². The van der Waals surface area contributed by atoms with Crippen LogP contribution in [0.2, 0.25) is 0 Å². The van der Waals surface area contributed by atoms with Crippen LogP contribution >= 0.6 is 0 Å². The summed E-state index contributed by atoms with van der Waals surface area (Å²) in [5.74, 6) is 3.87. The summed E-state index contributed by atoms with van der Waals surface area (Å²) in [6, 6.07) is 12.2. The number of amides is 2. The Morgan fingerprint density at radius 2 is 1.74 bits per heavy atom. The molecular weight excluding hydrogens is 554 g/mol. The minimum atomic E-state index is -1.26. The molecule has 1 aliphatic heterocycles. The van der Waals surface area contributed by atoms with Crippen molar-refractivity contribution in [1.29, 1.82) is 0 Å². The summed E-state index contributed by atoms with van der Waals surface area (Å²) in [6.45, 7) is 2.28. The number of likely N-dealkylation sites (tertiary alicyclic amines) is 1. The van der Waals surface area contributed by atoms with E-state index < -0.39 is 11.9 Å². The van der Waals surface area contributed by atoms with Crippen LogP contribution in [0.1, 0.15) is 42.0 Å². The Kier molecular flexibility index (Phi) is 9.44. The zero-order chi connectivity index (χ0) is 30.9. The van der Waals surface area contributed by atoms with Gasteiger partial charge in [-0.2, -0.15) is 0 Å². The van der Waals surface area contributed by atoms with Gasteiger partial charge >= 0.3 is 11.9 Å². The monoisotopic (exact) mass is 581 g/mol. The molecule has 5 N–H and O–H groups in total. The minimum absolute atomic E-state index is 0.210. The average molecular weight is 582 g/mol. The fourth-order valence-electron chi connectivity index (χ4n) is 4.53. The van der Waals surface area contributed by atoms with Crippen molar-refractivity contribution in [3.8, 4) is 23.1 Å². The van der Waals surface area contributed by atoms with Crippen molar-refractivity contribution < 1.29 is 29.4 Å². The van der Waals surface area contributed by atoms with E-state index in [1.165, 1.54) is 0 Å². The van der Waals surface area contributed by atoms with Gasteiger partial charge in [0.05, 0.1) is 6.04 Å². The van der Waals surface area contributed by atoms with Gasteiger partial charge in [0.2, 0.25) is 0 Å². The standard InChI is InChI=1S/C26H23N7O2.C4H4O4/c1-2-6-21(34)32-15-5-7-19(32)25-31-22(23-24(27)29-14-16-33(23)25)17-9-11-18(12-10-17)26(35)30-20-8-3-4-13-28-20;5-3(6)1-2-4(7)8/h3-4,8-14,16,19H,5,7,15H2,1H3,(H2,27,29)(H,28,30,35);1-2H,(H,5,6)(H,7,8). The molecule has 3 aromatic heterocycles. The lowest BCUT2D eigenvalue weighted by molar-refractivity contribution is -0.134. The SMILES string of the molecule is CC#CC(=O)N1CCCC1c1nc(-c2ccc(C(=O)Nc3ccccn3)cc2)c2c(N)nccn12.O=C(O)C=CC(=O)O. The first kappa shape index (κ1) is 29.9. The van der Waals surface area contributed by atoms with Gasteiger partial charge < -0.3 is 26.2 Å². The maximum atomic E-state index is 12.6. The lowest BCUT2D eigenvalue weighted by Crippen LogP contribution is -2.30. The summed E-state index contributed by atoms with van der Waals surface area (Å²) in [5, 5.41) is 18.4. The van der Waals surface area contributed by atoms with Gasteiger partial charge in [-0.15, -0.1) is 0 Å². The Morgan fingerprint density at radius 3 is 2.37 bits per heavy atom. The molecule has 0 saturated carbocycles. The molecule has 0 aliphatic carbocycles. The molecule has 0 bridgehead atoms. The van der Waals surface area contributed by atoms with Crippen molar-refractivity contribution in [2.75, 3.05) is 17.6 Å². The number of nitrogen functional groups attached to an aromatic ring is 1. The number of anilines is 2. The Hall–Kier alpha value is -6.03. The fourth-order valence-corrected chi connectivity index (χ4v) is 4.53. The van der Waals surface area contributed by atoms with Crippen molar-refractivity contribution in [1.82, 2.24) is 24.3 Å². The highest BCUT2D eigenvalue weighted by Crippen LogP contribution is 2.36. The third-order valence-corrected chi connectivity index (χ3v) is 6.35. The summed E-state index contributed by atoms with van der Waals surface area (Å²) in [5.41, 5.74) is 8.84. The van der Waals surface area contributed by atoms with E-state index in [0.717, 1.165) is 18.4 Å². The Labute approximate surface area is 245 Å². The van der Waals surface area contributed by atoms with Crippen LogP contribution < -0.4 is 11.1 Å². The molecule has 5 rings (SSSR count). The second-order valence-corrected chi connectivity index (χ2v) is 9.14. The van der Waals surface area contributed by atoms with Crippen molar-refractivity contribution >= 4 is 40.9 Å². The fraction of sp³-hybridized carbons (Fsp3) is 0.167. The minimum Gasteiger partial charge on any atom is -0.478 e. The molecule has 4 aromatic rings. The number of carboxylic acid groups (broad SMARTS) is 2. The van der Waals surface area contributed by atoms with Crippen LogP contribution in [0.25, 0.3) is 16.8 Å². The number of hydrogen-bond donors (Lipinski definition) is 4. The van der Waals surface area contributed by atoms with Crippen LogP contribution in [0.3, 0.4) is 0 Å². The highest BCUT2D eigenvalue weighted by Gasteiger charge is 2.33. The first-order valence-electron chi connectivity index (χ1n) is 13.0. The molecule has 43 heavy (non-hydrogen) atoms. The maximum Gasteiger partial charge on any atom is 0.328 e. The molecule has 2 amide bonds. The molecule has 1 fully saturated rings. The topological polar surface area (TPSA) is 193 Å². The third kappa shape index (κ3) is 7.19. The van der Waals surface area contributed by atoms with Crippen LogP contribution in [-0.2, 0) is 14.4 Å². The number of benzene rings is 1. The highest BCUT2D eigenvalue weighted by molar-refractivity contribution is 6.04. The van der Waals surface area contributed by atoms with Crippen LogP contribution in [0.5, 0.6) is 0 Å². The summed E-state index contributed by atoms with van der Waals surface area (Å²) < 4.78 is 1.90. The predicted octanol–water partition coefficient (Wildman–Crippen LogP) is 3.02. The molecule has 4 heterocycles. The molecule has 1 unspecified atom stereocenters. The van der Waals surface area contributed by atoms with Crippen molar-refractivity contribution in [3.63, 3.8) is 0 Å². The number of nitrogens with two attached hydrogens (primary N) is 1. The molecule has 1 aromatic carbocycles. The summed E-state index contributed by atoms with van der Waals surface area (Å²) in [7, 11) is 0. The summed E-state index contributed by atoms with van der Waals surface area (Å²) >= 11 is 0. The van der Waals surface area contributed by atoms with Gasteiger partial charge in [0.25, 0.3) is 11.8 Å². The number of rotatable bonds is 6. The molecule has 1 atom stereocenters. The number of imidazole rings is 1. The van der Waals surface area contributed by atoms with Gasteiger partial charge in [0.15, 0.2) is 0 Å². The molecule has 13 nitrogen and oxygen atoms in total. The quantitative estimate of drug-likeness (QED) is 0.194. The predicted molar refractivity (Wildman–Crippen MR) is 157 cm³/mol. The summed E-state index contributed by atoms with van der Waals surface area (Å²) in [4.78, 5) is 59.4. The number of nitrogens with zero attached hydrogens (tertiary/aromatic N) is 5. The van der Waals surface area contributed by atoms with Gasteiger partial charge in [0, 0.05) is 48.4 Å². The van der Waals surface area contributed by atoms with E-state index in [1.54, 1.807) is 60.7 Å². The van der Waals surface area contributed by atoms with Crippen molar-refractivity contribution in [3.05, 3.63) is 84.6 Å². The molecule has 0 spiro atoms. The van der Waals surface area contributed by atoms with Crippen LogP contribution in [0.15, 0.2) is 73.2 Å². The zero-order valence-electron chi connectivity index (χ0n) is 23.0. The Bertz CT molecular complexity index is 1740. The maximum absolute atomic E-state index is 12.6. The smallest absolute Gasteiger partial charge is 0.328 e. The molecule has 218 valence electrons. The number of aromatic nitrogens is 4. The lowest BCUT2D eigenvalue weighted by Gasteiger charge is -2.21. The van der Waals surface area contributed by atoms with E-state index in [0.29, 0.717) is 52.9 Å². The van der Waals surface area contributed by atoms with E-state index in [4.69, 9.17) is 20.9 Å². The number of pyridine rings is 1. The van der Waals surface area contributed by atoms with Gasteiger partial charge in [-0.3, -0.25) is 14.0 Å². The average Bonchev–Trinajstić information content (AvgIpc) is 3.63. The number of carbonyl (C=O) groups is 4. The van der Waals surface area contributed by atoms with Gasteiger partial charge in [-0.1, -0.05) is 24.1 Å². The Balaban J connectivity index is 0.000000467. The van der Waals surface area contributed by atoms with Crippen molar-refractivity contribution in [2.45, 2.75) is 25.8 Å². The van der Waals surface area contributed by atoms with E-state index in [9.17, 15) is 19.2 Å². The normalized spacial score (nSPS) is 14.0. The molecule has 13 heteroatoms. The van der Waals surface area contributed by atoms with E-state index in [2.05, 4.69) is 27.1 Å². The van der Waals surface area contributed by atoms with Crippen LogP contribution in [0.4, 0.5) is 11.6 Å². The number of hydrogen-bond acceptors (Lipinski definition) is 8. The lowest BCUT2D eigenvalue weighted by atomic mass is 10.1. The van der Waals surface area contributed by atoms with E-state index >= 15 is 0 Å². The van der Waals surface area contributed by atoms with E-state index in [-0.39, 0.29) is 17.9 Å². The van der Waals surface area contributed by atoms with Gasteiger partial charge in [0.1, 0.15) is 28.7 Å². The number of nitrogens with one attached hydrogen (secondary N) is 1. The van der Waals surface area contributed by atoms with Crippen LogP contribution in [-0.4, -0.2) is 64.8 Å². The third-order valence-electron chi connectivity index (χ3n) is 6.35. The second-order valence-electron chi connectivity index (χ2n) is 9.14. The van der Waals surface area contributed by atoms with E-state index in [1.807, 2.05) is 16.5 Å². The second kappa shape index (κ2) is 13.6. The number of fused-ring (bicyclic) bond motifs is 1. The molecule has 0 radical (unpaired) electrons. The zero-order valence-corrected chi connectivity index (χ0v) is 23.0. The molecule has 1 aliphatic rings. The summed E-state index contributed by atoms with van der Waals surface area (Å²) in [6.07, 6.45) is 7.81. The van der Waals surface area contributed by atoms with Gasteiger partial charge in [-0.25, -0.2) is 24.5 Å². The molecule has 1 saturated heterocycles. The first-order chi connectivity index (χ1) is 20.7. The highest BCUT2D eigenvalue weighted by atomic mass is 16.4.